The molecular formula is C22H42LiNSn. The van der Waals surface area contributed by atoms with Crippen molar-refractivity contribution in [1.82, 2.24) is 4.98 Å². The SMILES string of the molecule is CCC[CH2][Sn]([CH2]CCC)([CH2]CCC)[c]1ccc(C)cn1.[CH2-]CCC.[Li+]. The van der Waals surface area contributed by atoms with E-state index in [0.29, 0.717) is 0 Å². The van der Waals surface area contributed by atoms with Crippen LogP contribution in [0.15, 0.2) is 18.3 Å². The summed E-state index contributed by atoms with van der Waals surface area (Å²) in [6, 6.07) is 4.67. The van der Waals surface area contributed by atoms with Gasteiger partial charge in [-0.2, -0.15) is 6.42 Å². The monoisotopic (exact) mass is 447 g/mol. The van der Waals surface area contributed by atoms with E-state index in [1.54, 1.807) is 3.71 Å². The fourth-order valence-corrected chi connectivity index (χ4v) is 18.5. The van der Waals surface area contributed by atoms with Crippen LogP contribution in [-0.4, -0.2) is 23.4 Å². The van der Waals surface area contributed by atoms with Gasteiger partial charge in [-0.05, 0) is 0 Å². The summed E-state index contributed by atoms with van der Waals surface area (Å²) in [6.07, 6.45) is 12.6. The molecule has 0 saturated carbocycles. The molecule has 3 heteroatoms. The third kappa shape index (κ3) is 11.8. The van der Waals surface area contributed by atoms with Crippen molar-refractivity contribution in [2.24, 2.45) is 0 Å². The molecular weight excluding hydrogens is 404 g/mol. The maximum Gasteiger partial charge on any atom is 1.00 e. The van der Waals surface area contributed by atoms with Crippen molar-refractivity contribution in [2.45, 2.75) is 99.3 Å². The summed E-state index contributed by atoms with van der Waals surface area (Å²) in [5, 5.41) is 0. The van der Waals surface area contributed by atoms with Gasteiger partial charge in [0.1, 0.15) is 0 Å². The molecule has 0 aliphatic carbocycles. The molecule has 0 fully saturated rings. The predicted octanol–water partition coefficient (Wildman–Crippen LogP) is 4.07. The molecule has 1 heterocycles. The van der Waals surface area contributed by atoms with Crippen molar-refractivity contribution >= 4 is 22.1 Å². The number of hydrogen-bond acceptors (Lipinski definition) is 1. The van der Waals surface area contributed by atoms with Crippen LogP contribution in [0.3, 0.4) is 0 Å². The van der Waals surface area contributed by atoms with E-state index in [9.17, 15) is 0 Å². The predicted molar refractivity (Wildman–Crippen MR) is 114 cm³/mol. The molecule has 0 atom stereocenters. The Morgan fingerprint density at radius 3 is 1.56 bits per heavy atom. The number of nitrogens with zero attached hydrogens (tertiary/aromatic N) is 1. The van der Waals surface area contributed by atoms with Crippen LogP contribution in [0.25, 0.3) is 0 Å². The average Bonchev–Trinajstić information content (AvgIpc) is 2.62. The Hall–Kier alpha value is 0.546. The summed E-state index contributed by atoms with van der Waals surface area (Å²) in [5.74, 6) is 0. The van der Waals surface area contributed by atoms with Crippen molar-refractivity contribution in [3.05, 3.63) is 30.8 Å². The van der Waals surface area contributed by atoms with Crippen molar-refractivity contribution in [1.29, 1.82) is 0 Å². The van der Waals surface area contributed by atoms with Crippen LogP contribution in [0.2, 0.25) is 13.3 Å². The molecule has 140 valence electrons. The van der Waals surface area contributed by atoms with Gasteiger partial charge >= 0.3 is 149 Å². The van der Waals surface area contributed by atoms with E-state index in [2.05, 4.69) is 59.9 Å². The summed E-state index contributed by atoms with van der Waals surface area (Å²) >= 11 is -2.24. The molecule has 0 amide bonds. The van der Waals surface area contributed by atoms with Gasteiger partial charge in [-0.1, -0.05) is 13.3 Å². The van der Waals surface area contributed by atoms with Crippen LogP contribution >= 0.6 is 0 Å². The molecule has 0 aliphatic rings. The number of rotatable bonds is 11. The Balaban J connectivity index is 0. The Morgan fingerprint density at radius 1 is 0.840 bits per heavy atom. The fraction of sp³-hybridized carbons (Fsp3) is 0.727. The molecule has 1 aromatic heterocycles. The van der Waals surface area contributed by atoms with E-state index in [1.807, 2.05) is 0 Å². The summed E-state index contributed by atoms with van der Waals surface area (Å²) in [5.41, 5.74) is 1.30. The second-order valence-electron chi connectivity index (χ2n) is 7.17. The standard InChI is InChI=1S/C6H6N.4C4H9.Li.Sn/c1-6-3-2-4-7-5-6;4*1-3-4-2;;/h2-3,5H,1H3;4*1,3-4H2,2H3;;/q;;;;-1;+1;. The summed E-state index contributed by atoms with van der Waals surface area (Å²) < 4.78 is 6.10. The number of aryl methyl sites for hydroxylation is 1. The normalized spacial score (nSPS) is 10.6. The van der Waals surface area contributed by atoms with Crippen LogP contribution in [0, 0.1) is 13.8 Å². The van der Waals surface area contributed by atoms with E-state index in [1.165, 1.54) is 63.8 Å². The third-order valence-corrected chi connectivity index (χ3v) is 20.0. The van der Waals surface area contributed by atoms with Crippen LogP contribution in [0.1, 0.15) is 84.6 Å². The first-order valence-corrected chi connectivity index (χ1v) is 17.8. The van der Waals surface area contributed by atoms with Crippen molar-refractivity contribution in [3.8, 4) is 0 Å². The largest absolute Gasteiger partial charge is 1.00 e. The van der Waals surface area contributed by atoms with E-state index in [4.69, 9.17) is 4.98 Å². The van der Waals surface area contributed by atoms with Gasteiger partial charge in [0.25, 0.3) is 0 Å². The van der Waals surface area contributed by atoms with Gasteiger partial charge in [0.15, 0.2) is 0 Å². The van der Waals surface area contributed by atoms with E-state index < -0.39 is 18.4 Å². The average molecular weight is 446 g/mol. The van der Waals surface area contributed by atoms with Crippen LogP contribution < -0.4 is 22.6 Å². The van der Waals surface area contributed by atoms with E-state index >= 15 is 0 Å². The van der Waals surface area contributed by atoms with Gasteiger partial charge in [-0.15, -0.1) is 0 Å². The molecule has 0 radical (unpaired) electrons. The van der Waals surface area contributed by atoms with Crippen molar-refractivity contribution < 1.29 is 18.9 Å². The molecule has 0 spiro atoms. The maximum absolute atomic E-state index is 4.90. The van der Waals surface area contributed by atoms with Gasteiger partial charge in [0.2, 0.25) is 0 Å². The first kappa shape index (κ1) is 27.8. The fourth-order valence-electron chi connectivity index (χ4n) is 3.09. The van der Waals surface area contributed by atoms with Crippen LogP contribution in [0.4, 0.5) is 0 Å². The Morgan fingerprint density at radius 2 is 1.28 bits per heavy atom. The van der Waals surface area contributed by atoms with E-state index in [-0.39, 0.29) is 18.9 Å². The first-order valence-electron chi connectivity index (χ1n) is 10.3. The van der Waals surface area contributed by atoms with Gasteiger partial charge in [-0.3, -0.25) is 0 Å². The Labute approximate surface area is 175 Å². The van der Waals surface area contributed by atoms with Crippen LogP contribution in [-0.2, 0) is 0 Å². The molecule has 1 nitrogen and oxygen atoms in total. The minimum atomic E-state index is -2.24. The minimum Gasteiger partial charge on any atom is -0.343 e. The summed E-state index contributed by atoms with van der Waals surface area (Å²) in [4.78, 5) is 4.90. The van der Waals surface area contributed by atoms with E-state index in [0.717, 1.165) is 6.42 Å². The third-order valence-electron chi connectivity index (χ3n) is 4.83. The molecule has 0 bridgehead atoms. The Kier molecular flexibility index (Phi) is 19.9. The van der Waals surface area contributed by atoms with Crippen molar-refractivity contribution in [3.63, 3.8) is 0 Å². The molecule has 0 aromatic carbocycles. The summed E-state index contributed by atoms with van der Waals surface area (Å²) in [7, 11) is 0. The molecule has 25 heavy (non-hydrogen) atoms. The quantitative estimate of drug-likeness (QED) is 0.369. The Bertz CT molecular complexity index is 368. The molecule has 0 saturated heterocycles. The topological polar surface area (TPSA) is 12.9 Å². The number of pyridine rings is 1. The first-order chi connectivity index (χ1) is 11.6. The molecule has 1 aromatic rings. The number of hydrogen-bond donors (Lipinski definition) is 0. The van der Waals surface area contributed by atoms with Gasteiger partial charge < -0.3 is 6.92 Å². The molecule has 0 N–H and O–H groups in total. The van der Waals surface area contributed by atoms with Gasteiger partial charge in [0, 0.05) is 0 Å². The zero-order valence-electron chi connectivity index (χ0n) is 18.2. The number of aromatic nitrogens is 1. The minimum absolute atomic E-state index is 0. The second-order valence-corrected chi connectivity index (χ2v) is 20.2. The zero-order chi connectivity index (χ0) is 18.3. The maximum atomic E-state index is 4.90. The molecule has 1 rings (SSSR count). The molecule has 0 unspecified atom stereocenters. The van der Waals surface area contributed by atoms with Crippen molar-refractivity contribution in [2.75, 3.05) is 0 Å². The van der Waals surface area contributed by atoms with Gasteiger partial charge in [-0.25, -0.2) is 0 Å². The van der Waals surface area contributed by atoms with Crippen LogP contribution in [0.5, 0.6) is 0 Å². The second kappa shape index (κ2) is 17.9. The van der Waals surface area contributed by atoms with Gasteiger partial charge in [0.05, 0.1) is 0 Å². The smallest absolute Gasteiger partial charge is 0.343 e. The zero-order valence-corrected chi connectivity index (χ0v) is 21.0. The summed E-state index contributed by atoms with van der Waals surface area (Å²) in [6.45, 7) is 14.9. The number of unbranched alkanes of at least 4 members (excludes halogenated alkanes) is 4. The molecule has 0 aliphatic heterocycles.